The van der Waals surface area contributed by atoms with Crippen molar-refractivity contribution in [3.63, 3.8) is 0 Å². The van der Waals surface area contributed by atoms with Gasteiger partial charge in [-0.1, -0.05) is 30.3 Å². The van der Waals surface area contributed by atoms with E-state index in [4.69, 9.17) is 0 Å². The molecule has 14 heavy (non-hydrogen) atoms. The van der Waals surface area contributed by atoms with E-state index in [1.807, 2.05) is 30.3 Å². The third-order valence-electron chi connectivity index (χ3n) is 2.17. The van der Waals surface area contributed by atoms with E-state index in [1.165, 1.54) is 0 Å². The Hall–Kier alpha value is -1.83. The number of nitrogens with zero attached hydrogens (tertiary/aromatic N) is 1. The SMILES string of the molecule is Cc1ncc(-c2ccccc2)cc1O. The average molecular weight is 185 g/mol. The van der Waals surface area contributed by atoms with E-state index >= 15 is 0 Å². The van der Waals surface area contributed by atoms with Crippen molar-refractivity contribution in [2.75, 3.05) is 0 Å². The van der Waals surface area contributed by atoms with Crippen molar-refractivity contribution in [1.82, 2.24) is 4.98 Å². The second-order valence-electron chi connectivity index (χ2n) is 3.19. The van der Waals surface area contributed by atoms with Crippen LogP contribution in [0.4, 0.5) is 0 Å². The maximum Gasteiger partial charge on any atom is 0.137 e. The first-order valence-electron chi connectivity index (χ1n) is 4.48. The van der Waals surface area contributed by atoms with Gasteiger partial charge in [-0.3, -0.25) is 4.98 Å². The van der Waals surface area contributed by atoms with Gasteiger partial charge in [-0.15, -0.1) is 0 Å². The van der Waals surface area contributed by atoms with Crippen LogP contribution in [0.15, 0.2) is 42.6 Å². The van der Waals surface area contributed by atoms with Gasteiger partial charge < -0.3 is 5.11 Å². The van der Waals surface area contributed by atoms with E-state index in [0.29, 0.717) is 5.69 Å². The molecule has 0 saturated heterocycles. The van der Waals surface area contributed by atoms with Gasteiger partial charge in [0.05, 0.1) is 5.69 Å². The van der Waals surface area contributed by atoms with Crippen LogP contribution in [-0.2, 0) is 0 Å². The first-order valence-corrected chi connectivity index (χ1v) is 4.48. The molecular formula is C12H11NO. The van der Waals surface area contributed by atoms with Gasteiger partial charge >= 0.3 is 0 Å². The van der Waals surface area contributed by atoms with E-state index in [0.717, 1.165) is 11.1 Å². The second-order valence-corrected chi connectivity index (χ2v) is 3.19. The van der Waals surface area contributed by atoms with E-state index in [1.54, 1.807) is 19.2 Å². The number of rotatable bonds is 1. The van der Waals surface area contributed by atoms with E-state index < -0.39 is 0 Å². The molecule has 0 aliphatic carbocycles. The van der Waals surface area contributed by atoms with Gasteiger partial charge in [-0.05, 0) is 18.6 Å². The standard InChI is InChI=1S/C12H11NO/c1-9-12(14)7-11(8-13-9)10-5-3-2-4-6-10/h2-8,14H,1H3. The van der Waals surface area contributed by atoms with Crippen molar-refractivity contribution in [3.05, 3.63) is 48.3 Å². The Balaban J connectivity index is 2.48. The van der Waals surface area contributed by atoms with E-state index in [-0.39, 0.29) is 5.75 Å². The normalized spacial score (nSPS) is 10.1. The summed E-state index contributed by atoms with van der Waals surface area (Å²) in [5, 5.41) is 9.50. The summed E-state index contributed by atoms with van der Waals surface area (Å²) in [5.41, 5.74) is 2.66. The molecule has 70 valence electrons. The summed E-state index contributed by atoms with van der Waals surface area (Å²) in [7, 11) is 0. The minimum Gasteiger partial charge on any atom is -0.506 e. The number of hydrogen-bond acceptors (Lipinski definition) is 2. The smallest absolute Gasteiger partial charge is 0.137 e. The number of aromatic nitrogens is 1. The molecule has 2 rings (SSSR count). The Morgan fingerprint density at radius 2 is 1.79 bits per heavy atom. The quantitative estimate of drug-likeness (QED) is 0.741. The van der Waals surface area contributed by atoms with Gasteiger partial charge in [-0.25, -0.2) is 0 Å². The van der Waals surface area contributed by atoms with Crippen molar-refractivity contribution < 1.29 is 5.11 Å². The highest BCUT2D eigenvalue weighted by molar-refractivity contribution is 5.64. The van der Waals surface area contributed by atoms with Gasteiger partial charge in [0.1, 0.15) is 5.75 Å². The summed E-state index contributed by atoms with van der Waals surface area (Å²) in [6.07, 6.45) is 1.77. The minimum atomic E-state index is 0.242. The Morgan fingerprint density at radius 1 is 1.07 bits per heavy atom. The minimum absolute atomic E-state index is 0.242. The third-order valence-corrected chi connectivity index (χ3v) is 2.17. The molecular weight excluding hydrogens is 174 g/mol. The monoisotopic (exact) mass is 185 g/mol. The molecule has 0 saturated carbocycles. The predicted octanol–water partition coefficient (Wildman–Crippen LogP) is 2.76. The number of benzene rings is 1. The molecule has 0 unspecified atom stereocenters. The largest absolute Gasteiger partial charge is 0.506 e. The fourth-order valence-electron chi connectivity index (χ4n) is 1.31. The Morgan fingerprint density at radius 3 is 2.43 bits per heavy atom. The molecule has 0 radical (unpaired) electrons. The molecule has 0 atom stereocenters. The summed E-state index contributed by atoms with van der Waals surface area (Å²) < 4.78 is 0. The third kappa shape index (κ3) is 1.59. The van der Waals surface area contributed by atoms with E-state index in [2.05, 4.69) is 4.98 Å². The van der Waals surface area contributed by atoms with Crippen LogP contribution in [0, 0.1) is 6.92 Å². The zero-order valence-corrected chi connectivity index (χ0v) is 7.94. The molecule has 2 aromatic rings. The summed E-state index contributed by atoms with van der Waals surface area (Å²) in [6, 6.07) is 11.6. The molecule has 0 amide bonds. The van der Waals surface area contributed by atoms with E-state index in [9.17, 15) is 5.11 Å². The lowest BCUT2D eigenvalue weighted by atomic mass is 10.1. The molecule has 1 aromatic carbocycles. The Bertz CT molecular complexity index is 437. The highest BCUT2D eigenvalue weighted by Crippen LogP contribution is 2.23. The van der Waals surface area contributed by atoms with Crippen LogP contribution in [-0.4, -0.2) is 10.1 Å². The summed E-state index contributed by atoms with van der Waals surface area (Å²) >= 11 is 0. The molecule has 2 nitrogen and oxygen atoms in total. The van der Waals surface area contributed by atoms with Crippen molar-refractivity contribution in [2.45, 2.75) is 6.92 Å². The van der Waals surface area contributed by atoms with Crippen molar-refractivity contribution >= 4 is 0 Å². The van der Waals surface area contributed by atoms with Crippen LogP contribution in [0.3, 0.4) is 0 Å². The molecule has 0 aliphatic rings. The Kier molecular flexibility index (Phi) is 2.19. The summed E-state index contributed by atoms with van der Waals surface area (Å²) in [6.45, 7) is 1.78. The maximum atomic E-state index is 9.50. The predicted molar refractivity (Wildman–Crippen MR) is 56.1 cm³/mol. The van der Waals surface area contributed by atoms with Crippen molar-refractivity contribution in [2.24, 2.45) is 0 Å². The lowest BCUT2D eigenvalue weighted by molar-refractivity contribution is 0.468. The molecule has 1 aromatic heterocycles. The number of pyridine rings is 1. The zero-order valence-electron chi connectivity index (χ0n) is 7.94. The number of hydrogen-bond donors (Lipinski definition) is 1. The maximum absolute atomic E-state index is 9.50. The van der Waals surface area contributed by atoms with Crippen LogP contribution in [0.1, 0.15) is 5.69 Å². The Labute approximate surface area is 82.9 Å². The molecule has 1 N–H and O–H groups in total. The molecule has 0 bridgehead atoms. The fourth-order valence-corrected chi connectivity index (χ4v) is 1.31. The molecule has 0 aliphatic heterocycles. The van der Waals surface area contributed by atoms with Gasteiger partial charge in [-0.2, -0.15) is 0 Å². The van der Waals surface area contributed by atoms with Crippen LogP contribution in [0.5, 0.6) is 5.75 Å². The van der Waals surface area contributed by atoms with Gasteiger partial charge in [0.15, 0.2) is 0 Å². The van der Waals surface area contributed by atoms with Gasteiger partial charge in [0.25, 0.3) is 0 Å². The van der Waals surface area contributed by atoms with Gasteiger partial charge in [0.2, 0.25) is 0 Å². The zero-order chi connectivity index (χ0) is 9.97. The summed E-state index contributed by atoms with van der Waals surface area (Å²) in [4.78, 5) is 4.11. The lowest BCUT2D eigenvalue weighted by Crippen LogP contribution is -1.84. The van der Waals surface area contributed by atoms with Crippen molar-refractivity contribution in [1.29, 1.82) is 0 Å². The molecule has 1 heterocycles. The molecule has 0 fully saturated rings. The number of aromatic hydroxyl groups is 1. The molecule has 0 spiro atoms. The average Bonchev–Trinajstić information content (AvgIpc) is 2.23. The first-order chi connectivity index (χ1) is 6.77. The van der Waals surface area contributed by atoms with Crippen LogP contribution in [0.25, 0.3) is 11.1 Å². The van der Waals surface area contributed by atoms with Crippen molar-refractivity contribution in [3.8, 4) is 16.9 Å². The first kappa shape index (κ1) is 8.75. The number of aryl methyl sites for hydroxylation is 1. The molecule has 2 heteroatoms. The van der Waals surface area contributed by atoms with Crippen LogP contribution >= 0.6 is 0 Å². The summed E-state index contributed by atoms with van der Waals surface area (Å²) in [5.74, 6) is 0.242. The van der Waals surface area contributed by atoms with Crippen LogP contribution in [0.2, 0.25) is 0 Å². The van der Waals surface area contributed by atoms with Crippen LogP contribution < -0.4 is 0 Å². The highest BCUT2D eigenvalue weighted by atomic mass is 16.3. The second kappa shape index (κ2) is 3.50. The van der Waals surface area contributed by atoms with Gasteiger partial charge in [0, 0.05) is 11.8 Å². The lowest BCUT2D eigenvalue weighted by Gasteiger charge is -2.02. The fraction of sp³-hybridized carbons (Fsp3) is 0.0833. The highest BCUT2D eigenvalue weighted by Gasteiger charge is 2.01. The topological polar surface area (TPSA) is 33.1 Å².